The lowest BCUT2D eigenvalue weighted by Crippen LogP contribution is -2.08. The average Bonchev–Trinajstić information content (AvgIpc) is 1.77. The molecule has 4 nitrogen and oxygen atoms in total. The van der Waals surface area contributed by atoms with Crippen molar-refractivity contribution in [3.05, 3.63) is 0 Å². The predicted molar refractivity (Wildman–Crippen MR) is 44.5 cm³/mol. The van der Waals surface area contributed by atoms with Crippen LogP contribution in [-0.4, -0.2) is 26.4 Å². The van der Waals surface area contributed by atoms with Gasteiger partial charge < -0.3 is 9.79 Å². The van der Waals surface area contributed by atoms with E-state index in [4.69, 9.17) is 16.6 Å². The Labute approximate surface area is 82.5 Å². The van der Waals surface area contributed by atoms with Gasteiger partial charge in [0, 0.05) is 14.2 Å². The molecule has 0 bridgehead atoms. The van der Waals surface area contributed by atoms with E-state index in [0.29, 0.717) is 0 Å². The van der Waals surface area contributed by atoms with Crippen molar-refractivity contribution in [2.24, 2.45) is 0 Å². The van der Waals surface area contributed by atoms with Gasteiger partial charge in [0.05, 0.1) is 9.30 Å². The highest BCUT2D eigenvalue weighted by Crippen LogP contribution is 2.36. The molecular formula is C3H7Br2O4P. The van der Waals surface area contributed by atoms with Crippen molar-refractivity contribution in [1.29, 1.82) is 0 Å². The van der Waals surface area contributed by atoms with Crippen LogP contribution in [0.1, 0.15) is 6.85 Å². The van der Waals surface area contributed by atoms with Crippen LogP contribution >= 0.6 is 39.7 Å². The van der Waals surface area contributed by atoms with Gasteiger partial charge in [0.25, 0.3) is 0 Å². The Morgan fingerprint density at radius 3 is 2.70 bits per heavy atom. The van der Waals surface area contributed by atoms with Gasteiger partial charge in [-0.1, -0.05) is 31.9 Å². The summed E-state index contributed by atoms with van der Waals surface area (Å²) in [6, 6.07) is 0. The molecule has 0 fully saturated rings. The van der Waals surface area contributed by atoms with Crippen LogP contribution in [0.3, 0.4) is 0 Å². The molecule has 0 saturated heterocycles. The van der Waals surface area contributed by atoms with E-state index in [1.165, 1.54) is 0 Å². The SMILES string of the molecule is [2H]C([2H])(Br)C([2H])(Br)C([2H])([2H])OP(=O)(O)O. The van der Waals surface area contributed by atoms with Gasteiger partial charge in [0.15, 0.2) is 0 Å². The molecule has 0 saturated carbocycles. The van der Waals surface area contributed by atoms with Crippen molar-refractivity contribution < 1.29 is 25.7 Å². The minimum atomic E-state index is -5.17. The molecule has 1 atom stereocenters. The third-order valence-corrected chi connectivity index (χ3v) is 1.95. The molecule has 0 aliphatic rings. The molecule has 2 N–H and O–H groups in total. The van der Waals surface area contributed by atoms with E-state index in [1.807, 2.05) is 0 Å². The fourth-order valence-corrected chi connectivity index (χ4v) is 0.616. The normalized spacial score (nSPS) is 28.6. The average molecular weight is 303 g/mol. The molecule has 0 aromatic heterocycles. The number of phosphoric acid groups is 1. The zero-order chi connectivity index (χ0) is 12.7. The first-order valence-corrected chi connectivity index (χ1v) is 4.96. The van der Waals surface area contributed by atoms with Gasteiger partial charge in [0.2, 0.25) is 0 Å². The van der Waals surface area contributed by atoms with Crippen molar-refractivity contribution in [3.63, 3.8) is 0 Å². The first-order valence-electron chi connectivity index (χ1n) is 4.35. The molecule has 0 heterocycles. The topological polar surface area (TPSA) is 66.8 Å². The fraction of sp³-hybridized carbons (Fsp3) is 1.00. The monoisotopic (exact) mass is 301 g/mol. The second-order valence-electron chi connectivity index (χ2n) is 1.09. The number of phosphoric ester groups is 1. The van der Waals surface area contributed by atoms with Crippen LogP contribution in [0, 0.1) is 0 Å². The smallest absolute Gasteiger partial charge is 0.303 e. The summed E-state index contributed by atoms with van der Waals surface area (Å²) in [6.45, 7) is -3.24. The van der Waals surface area contributed by atoms with Crippen LogP contribution in [0.4, 0.5) is 0 Å². The maximum Gasteiger partial charge on any atom is 0.469 e. The van der Waals surface area contributed by atoms with Crippen LogP contribution in [0.2, 0.25) is 0 Å². The van der Waals surface area contributed by atoms with E-state index < -0.39 is 24.5 Å². The van der Waals surface area contributed by atoms with Crippen molar-refractivity contribution >= 4 is 39.7 Å². The Hall–Kier alpha value is 1.07. The maximum absolute atomic E-state index is 10.4. The Morgan fingerprint density at radius 2 is 2.40 bits per heavy atom. The van der Waals surface area contributed by atoms with Gasteiger partial charge in [-0.05, 0) is 0 Å². The van der Waals surface area contributed by atoms with Crippen LogP contribution in [-0.2, 0) is 9.09 Å². The van der Waals surface area contributed by atoms with Gasteiger partial charge in [-0.15, -0.1) is 0 Å². The van der Waals surface area contributed by atoms with Gasteiger partial charge in [-0.25, -0.2) is 4.57 Å². The highest BCUT2D eigenvalue weighted by molar-refractivity contribution is 9.12. The van der Waals surface area contributed by atoms with E-state index in [2.05, 4.69) is 36.4 Å². The second-order valence-corrected chi connectivity index (χ2v) is 3.45. The summed E-state index contributed by atoms with van der Waals surface area (Å²) in [5, 5.41) is -2.60. The first-order chi connectivity index (χ1) is 6.21. The predicted octanol–water partition coefficient (Wildman–Crippen LogP) is 1.25. The number of halogens is 2. The third-order valence-electron chi connectivity index (χ3n) is 0.337. The second kappa shape index (κ2) is 4.85. The number of hydrogen-bond acceptors (Lipinski definition) is 2. The lowest BCUT2D eigenvalue weighted by atomic mass is 10.5. The first kappa shape index (κ1) is 4.94. The van der Waals surface area contributed by atoms with E-state index in [0.717, 1.165) is 0 Å². The summed E-state index contributed by atoms with van der Waals surface area (Å²) in [5.41, 5.74) is 0. The van der Waals surface area contributed by atoms with Crippen LogP contribution in [0.25, 0.3) is 0 Å². The van der Waals surface area contributed by atoms with Gasteiger partial charge >= 0.3 is 7.82 Å². The molecule has 0 amide bonds. The largest absolute Gasteiger partial charge is 0.469 e. The zero-order valence-corrected chi connectivity index (χ0v) is 8.48. The lowest BCUT2D eigenvalue weighted by molar-refractivity contribution is 0.201. The van der Waals surface area contributed by atoms with Gasteiger partial charge in [0.1, 0.15) is 0 Å². The fourth-order valence-electron chi connectivity index (χ4n) is 0.119. The summed E-state index contributed by atoms with van der Waals surface area (Å²) in [6.07, 6.45) is 0. The minimum Gasteiger partial charge on any atom is -0.303 e. The zero-order valence-electron chi connectivity index (χ0n) is 9.41. The van der Waals surface area contributed by atoms with E-state index in [1.54, 1.807) is 0 Å². The Bertz CT molecular complexity index is 284. The molecule has 0 spiro atoms. The summed E-state index contributed by atoms with van der Waals surface area (Å²) >= 11 is 4.75. The molecule has 10 heavy (non-hydrogen) atoms. The van der Waals surface area contributed by atoms with E-state index >= 15 is 0 Å². The molecule has 1 unspecified atom stereocenters. The van der Waals surface area contributed by atoms with Gasteiger partial charge in [-0.3, -0.25) is 4.52 Å². The standard InChI is InChI=1S/C3H7Br2O4P/c4-1-3(5)2-9-10(6,7)8/h3H,1-2H2,(H2,6,7,8)/i1D2,2D2,3D. The summed E-state index contributed by atoms with van der Waals surface area (Å²) in [4.78, 5) is 14.1. The minimum absolute atomic E-state index is 2.37. The highest BCUT2D eigenvalue weighted by Gasteiger charge is 2.15. The number of hydrogen-bond donors (Lipinski definition) is 2. The molecule has 0 aliphatic heterocycles. The molecule has 0 radical (unpaired) electrons. The summed E-state index contributed by atoms with van der Waals surface area (Å²) < 4.78 is 49.8. The Balaban J connectivity index is 5.12. The van der Waals surface area contributed by atoms with Crippen molar-refractivity contribution in [3.8, 4) is 0 Å². The van der Waals surface area contributed by atoms with Crippen molar-refractivity contribution in [1.82, 2.24) is 0 Å². The molecule has 0 rings (SSSR count). The molecule has 7 heteroatoms. The summed E-state index contributed by atoms with van der Waals surface area (Å²) in [7, 11) is -5.17. The highest BCUT2D eigenvalue weighted by atomic mass is 79.9. The maximum atomic E-state index is 10.4. The molecule has 0 aliphatic carbocycles. The van der Waals surface area contributed by atoms with E-state index in [9.17, 15) is 4.57 Å². The molecular weight excluding hydrogens is 291 g/mol. The van der Waals surface area contributed by atoms with Crippen molar-refractivity contribution in [2.75, 3.05) is 11.8 Å². The molecule has 0 aromatic carbocycles. The lowest BCUT2D eigenvalue weighted by Gasteiger charge is -2.07. The number of rotatable bonds is 4. The number of alkyl halides is 2. The van der Waals surface area contributed by atoms with E-state index in [-0.39, 0.29) is 0 Å². The Morgan fingerprint density at radius 1 is 1.90 bits per heavy atom. The third kappa shape index (κ3) is 7.18. The van der Waals surface area contributed by atoms with Gasteiger partial charge in [-0.2, -0.15) is 0 Å². The summed E-state index contributed by atoms with van der Waals surface area (Å²) in [5.74, 6) is 0. The van der Waals surface area contributed by atoms with Crippen LogP contribution in [0.5, 0.6) is 0 Å². The van der Waals surface area contributed by atoms with Crippen LogP contribution < -0.4 is 0 Å². The Kier molecular flexibility index (Phi) is 2.40. The van der Waals surface area contributed by atoms with Crippen molar-refractivity contribution in [2.45, 2.75) is 4.80 Å². The quantitative estimate of drug-likeness (QED) is 0.606. The molecule has 62 valence electrons. The van der Waals surface area contributed by atoms with Crippen LogP contribution in [0.15, 0.2) is 0 Å². The molecule has 0 aromatic rings.